The molecule has 0 bridgehead atoms. The third kappa shape index (κ3) is 2.59. The van der Waals surface area contributed by atoms with Gasteiger partial charge in [-0.2, -0.15) is 0 Å². The van der Waals surface area contributed by atoms with Gasteiger partial charge in [0.05, 0.1) is 6.04 Å². The van der Waals surface area contributed by atoms with Crippen molar-refractivity contribution in [3.8, 4) is 12.3 Å². The van der Waals surface area contributed by atoms with Gasteiger partial charge in [-0.15, -0.1) is 6.42 Å². The maximum absolute atomic E-state index is 11.8. The summed E-state index contributed by atoms with van der Waals surface area (Å²) in [6, 6.07) is -0.0876. The van der Waals surface area contributed by atoms with Gasteiger partial charge in [-0.1, -0.05) is 5.92 Å². The topological polar surface area (TPSA) is 46.9 Å². The molecule has 80 valence electrons. The first-order valence-electron chi connectivity index (χ1n) is 4.86. The number of hydrogen-bond acceptors (Lipinski definition) is 3. The Morgan fingerprint density at radius 2 is 2.20 bits per heavy atom. The Hall–Kier alpha value is -1.76. The number of aromatic nitrogens is 2. The Balaban J connectivity index is 3.06. The lowest BCUT2D eigenvalue weighted by atomic mass is 10.3. The predicted octanol–water partition coefficient (Wildman–Crippen LogP) is 1.26. The van der Waals surface area contributed by atoms with Gasteiger partial charge in [0.15, 0.2) is 5.82 Å². The molecule has 0 amide bonds. The highest BCUT2D eigenvalue weighted by atomic mass is 16.1. The van der Waals surface area contributed by atoms with Crippen molar-refractivity contribution in [2.75, 3.05) is 5.32 Å². The lowest BCUT2D eigenvalue weighted by Gasteiger charge is -2.12. The van der Waals surface area contributed by atoms with Crippen LogP contribution in [-0.4, -0.2) is 15.6 Å². The van der Waals surface area contributed by atoms with E-state index in [0.717, 1.165) is 0 Å². The second-order valence-corrected chi connectivity index (χ2v) is 3.61. The summed E-state index contributed by atoms with van der Waals surface area (Å²) in [7, 11) is 0. The standard InChI is InChI=1S/C11H15N3O/c1-5-9(4)13-10-11(15)14(8(2)3)7-6-12-10/h1,6-9H,2-4H3,(H,12,13). The monoisotopic (exact) mass is 205 g/mol. The summed E-state index contributed by atoms with van der Waals surface area (Å²) < 4.78 is 1.61. The van der Waals surface area contributed by atoms with Crippen LogP contribution in [0.2, 0.25) is 0 Å². The molecule has 1 aromatic rings. The van der Waals surface area contributed by atoms with E-state index in [1.165, 1.54) is 0 Å². The van der Waals surface area contributed by atoms with Gasteiger partial charge in [-0.25, -0.2) is 4.98 Å². The molecule has 0 aliphatic carbocycles. The molecule has 0 saturated heterocycles. The molecule has 0 radical (unpaired) electrons. The summed E-state index contributed by atoms with van der Waals surface area (Å²) in [5, 5.41) is 2.87. The van der Waals surface area contributed by atoms with Crippen molar-refractivity contribution in [2.45, 2.75) is 32.9 Å². The Morgan fingerprint density at radius 1 is 1.53 bits per heavy atom. The minimum atomic E-state index is -0.201. The fourth-order valence-electron chi connectivity index (χ4n) is 1.18. The molecule has 4 heteroatoms. The molecule has 0 fully saturated rings. The molecular weight excluding hydrogens is 190 g/mol. The zero-order valence-electron chi connectivity index (χ0n) is 9.19. The maximum Gasteiger partial charge on any atom is 0.293 e. The normalized spacial score (nSPS) is 12.2. The van der Waals surface area contributed by atoms with Gasteiger partial charge in [-0.05, 0) is 20.8 Å². The van der Waals surface area contributed by atoms with E-state index in [4.69, 9.17) is 6.42 Å². The average Bonchev–Trinajstić information content (AvgIpc) is 2.20. The van der Waals surface area contributed by atoms with Crippen molar-refractivity contribution in [2.24, 2.45) is 0 Å². The largest absolute Gasteiger partial charge is 0.352 e. The molecule has 0 saturated carbocycles. The quantitative estimate of drug-likeness (QED) is 0.756. The highest BCUT2D eigenvalue weighted by Gasteiger charge is 2.08. The first kappa shape index (κ1) is 11.3. The second kappa shape index (κ2) is 4.65. The van der Waals surface area contributed by atoms with Crippen LogP contribution >= 0.6 is 0 Å². The van der Waals surface area contributed by atoms with Crippen LogP contribution in [0, 0.1) is 12.3 Å². The molecule has 1 atom stereocenters. The van der Waals surface area contributed by atoms with Gasteiger partial charge in [0.2, 0.25) is 0 Å². The molecular formula is C11H15N3O. The van der Waals surface area contributed by atoms with E-state index >= 15 is 0 Å². The molecule has 1 N–H and O–H groups in total. The van der Waals surface area contributed by atoms with Gasteiger partial charge in [-0.3, -0.25) is 4.79 Å². The van der Waals surface area contributed by atoms with E-state index in [2.05, 4.69) is 16.2 Å². The molecule has 0 aliphatic rings. The van der Waals surface area contributed by atoms with E-state index in [-0.39, 0.29) is 17.6 Å². The Bertz CT molecular complexity index is 428. The zero-order chi connectivity index (χ0) is 11.4. The minimum Gasteiger partial charge on any atom is -0.352 e. The van der Waals surface area contributed by atoms with Gasteiger partial charge in [0.1, 0.15) is 0 Å². The molecule has 1 aromatic heterocycles. The second-order valence-electron chi connectivity index (χ2n) is 3.61. The zero-order valence-corrected chi connectivity index (χ0v) is 9.19. The summed E-state index contributed by atoms with van der Waals surface area (Å²) in [5.41, 5.74) is -0.144. The highest BCUT2D eigenvalue weighted by Crippen LogP contribution is 2.02. The SMILES string of the molecule is C#CC(C)Nc1nccn(C(C)C)c1=O. The number of nitrogens with one attached hydrogen (secondary N) is 1. The van der Waals surface area contributed by atoms with Crippen molar-refractivity contribution < 1.29 is 0 Å². The van der Waals surface area contributed by atoms with Crippen molar-refractivity contribution >= 4 is 5.82 Å². The fraction of sp³-hybridized carbons (Fsp3) is 0.455. The van der Waals surface area contributed by atoms with Crippen LogP contribution in [-0.2, 0) is 0 Å². The predicted molar refractivity (Wildman–Crippen MR) is 60.8 cm³/mol. The van der Waals surface area contributed by atoms with Crippen LogP contribution in [0.5, 0.6) is 0 Å². The first-order valence-corrected chi connectivity index (χ1v) is 4.86. The van der Waals surface area contributed by atoms with E-state index in [1.54, 1.807) is 23.9 Å². The number of rotatable bonds is 3. The molecule has 0 spiro atoms. The summed E-state index contributed by atoms with van der Waals surface area (Å²) in [6.45, 7) is 5.68. The van der Waals surface area contributed by atoms with Crippen LogP contribution in [0.1, 0.15) is 26.8 Å². The summed E-state index contributed by atoms with van der Waals surface area (Å²) in [5.74, 6) is 2.79. The number of hydrogen-bond donors (Lipinski definition) is 1. The Morgan fingerprint density at radius 3 is 2.73 bits per heavy atom. The van der Waals surface area contributed by atoms with E-state index in [9.17, 15) is 4.79 Å². The van der Waals surface area contributed by atoms with Crippen LogP contribution in [0.3, 0.4) is 0 Å². The number of nitrogens with zero attached hydrogens (tertiary/aromatic N) is 2. The molecule has 1 heterocycles. The number of terminal acetylenes is 1. The molecule has 15 heavy (non-hydrogen) atoms. The van der Waals surface area contributed by atoms with Crippen molar-refractivity contribution in [3.05, 3.63) is 22.7 Å². The van der Waals surface area contributed by atoms with Crippen LogP contribution in [0.15, 0.2) is 17.2 Å². The van der Waals surface area contributed by atoms with Crippen molar-refractivity contribution in [3.63, 3.8) is 0 Å². The minimum absolute atomic E-state index is 0.113. The van der Waals surface area contributed by atoms with Crippen LogP contribution < -0.4 is 10.9 Å². The average molecular weight is 205 g/mol. The molecule has 1 rings (SSSR count). The lowest BCUT2D eigenvalue weighted by Crippen LogP contribution is -2.28. The highest BCUT2D eigenvalue weighted by molar-refractivity contribution is 5.34. The summed E-state index contributed by atoms with van der Waals surface area (Å²) in [4.78, 5) is 15.8. The van der Waals surface area contributed by atoms with Gasteiger partial charge in [0.25, 0.3) is 5.56 Å². The van der Waals surface area contributed by atoms with Gasteiger partial charge < -0.3 is 9.88 Å². The fourth-order valence-corrected chi connectivity index (χ4v) is 1.18. The summed E-state index contributed by atoms with van der Waals surface area (Å²) in [6.07, 6.45) is 8.47. The molecule has 0 aliphatic heterocycles. The third-order valence-electron chi connectivity index (χ3n) is 2.03. The Labute approximate surface area is 89.3 Å². The summed E-state index contributed by atoms with van der Waals surface area (Å²) >= 11 is 0. The Kier molecular flexibility index (Phi) is 3.51. The van der Waals surface area contributed by atoms with Gasteiger partial charge in [0, 0.05) is 18.4 Å². The van der Waals surface area contributed by atoms with E-state index < -0.39 is 0 Å². The van der Waals surface area contributed by atoms with E-state index in [1.807, 2.05) is 13.8 Å². The smallest absolute Gasteiger partial charge is 0.293 e. The molecule has 0 aromatic carbocycles. The lowest BCUT2D eigenvalue weighted by molar-refractivity contribution is 0.575. The van der Waals surface area contributed by atoms with Crippen LogP contribution in [0.4, 0.5) is 5.82 Å². The molecule has 4 nitrogen and oxygen atoms in total. The van der Waals surface area contributed by atoms with Crippen LogP contribution in [0.25, 0.3) is 0 Å². The number of anilines is 1. The third-order valence-corrected chi connectivity index (χ3v) is 2.03. The maximum atomic E-state index is 11.8. The first-order chi connectivity index (χ1) is 7.06. The van der Waals surface area contributed by atoms with E-state index in [0.29, 0.717) is 5.82 Å². The molecule has 1 unspecified atom stereocenters. The van der Waals surface area contributed by atoms with Crippen molar-refractivity contribution in [1.29, 1.82) is 0 Å². The van der Waals surface area contributed by atoms with Crippen molar-refractivity contribution in [1.82, 2.24) is 9.55 Å². The van der Waals surface area contributed by atoms with Gasteiger partial charge >= 0.3 is 0 Å².